The molecule has 32 heavy (non-hydrogen) atoms. The predicted molar refractivity (Wildman–Crippen MR) is 117 cm³/mol. The molecule has 3 aromatic rings. The summed E-state index contributed by atoms with van der Waals surface area (Å²) in [5, 5.41) is 5.58. The largest absolute Gasteiger partial charge is 0.354 e. The lowest BCUT2D eigenvalue weighted by Crippen LogP contribution is -2.45. The highest BCUT2D eigenvalue weighted by atomic mass is 19.1. The third-order valence-corrected chi connectivity index (χ3v) is 6.45. The third-order valence-electron chi connectivity index (χ3n) is 6.45. The zero-order chi connectivity index (χ0) is 22.2. The van der Waals surface area contributed by atoms with Crippen LogP contribution in [0, 0.1) is 17.6 Å². The van der Waals surface area contributed by atoms with E-state index in [1.165, 1.54) is 24.3 Å². The van der Waals surface area contributed by atoms with Crippen LogP contribution < -0.4 is 10.6 Å². The summed E-state index contributed by atoms with van der Waals surface area (Å²) in [4.78, 5) is 27.7. The van der Waals surface area contributed by atoms with Gasteiger partial charge in [0.1, 0.15) is 17.7 Å². The summed E-state index contributed by atoms with van der Waals surface area (Å²) in [5.41, 5.74) is 4.48. The Morgan fingerprint density at radius 1 is 0.938 bits per heavy atom. The first-order valence-electron chi connectivity index (χ1n) is 10.8. The number of carbonyl (C=O) groups excluding carboxylic acids is 2. The van der Waals surface area contributed by atoms with Crippen molar-refractivity contribution in [3.63, 3.8) is 0 Å². The van der Waals surface area contributed by atoms with Crippen LogP contribution in [0.1, 0.15) is 30.7 Å². The van der Waals surface area contributed by atoms with Gasteiger partial charge < -0.3 is 15.6 Å². The quantitative estimate of drug-likeness (QED) is 0.564. The molecule has 5 nitrogen and oxygen atoms in total. The van der Waals surface area contributed by atoms with Gasteiger partial charge in [0.25, 0.3) is 0 Å². The smallest absolute Gasteiger partial charge is 0.242 e. The highest BCUT2D eigenvalue weighted by Gasteiger charge is 2.39. The molecule has 3 N–H and O–H groups in total. The fraction of sp³-hybridized carbons (Fsp3) is 0.280. The molecular weight excluding hydrogens is 412 g/mol. The molecule has 1 atom stereocenters. The lowest BCUT2D eigenvalue weighted by atomic mass is 9.70. The van der Waals surface area contributed by atoms with E-state index in [1.807, 2.05) is 6.07 Å². The van der Waals surface area contributed by atoms with E-state index in [2.05, 4.69) is 15.6 Å². The summed E-state index contributed by atoms with van der Waals surface area (Å²) in [5.74, 6) is -0.796. The minimum Gasteiger partial charge on any atom is -0.354 e. The van der Waals surface area contributed by atoms with E-state index in [4.69, 9.17) is 0 Å². The third kappa shape index (κ3) is 3.90. The first kappa shape index (κ1) is 20.4. The molecule has 1 aliphatic heterocycles. The minimum atomic E-state index is -0.436. The molecule has 1 aromatic heterocycles. The van der Waals surface area contributed by atoms with Crippen molar-refractivity contribution in [3.8, 4) is 22.5 Å². The van der Waals surface area contributed by atoms with Gasteiger partial charge in [-0.15, -0.1) is 0 Å². The molecule has 1 unspecified atom stereocenters. The van der Waals surface area contributed by atoms with Crippen LogP contribution in [0.5, 0.6) is 0 Å². The molecule has 5 rings (SSSR count). The van der Waals surface area contributed by atoms with Gasteiger partial charge in [-0.25, -0.2) is 8.78 Å². The van der Waals surface area contributed by atoms with Gasteiger partial charge in [0, 0.05) is 23.9 Å². The number of aromatic amines is 1. The number of hydrogen-bond donors (Lipinski definition) is 3. The minimum absolute atomic E-state index is 0.0825. The van der Waals surface area contributed by atoms with Gasteiger partial charge in [-0.1, -0.05) is 0 Å². The van der Waals surface area contributed by atoms with Gasteiger partial charge in [-0.3, -0.25) is 9.59 Å². The summed E-state index contributed by atoms with van der Waals surface area (Å²) in [7, 11) is 0. The van der Waals surface area contributed by atoms with Crippen molar-refractivity contribution < 1.29 is 18.4 Å². The van der Waals surface area contributed by atoms with Crippen molar-refractivity contribution in [1.29, 1.82) is 0 Å². The molecule has 1 aliphatic carbocycles. The van der Waals surface area contributed by atoms with Gasteiger partial charge >= 0.3 is 0 Å². The summed E-state index contributed by atoms with van der Waals surface area (Å²) in [6, 6.07) is 14.1. The number of nitrogens with one attached hydrogen (secondary N) is 3. The number of H-pyrrole nitrogens is 1. The van der Waals surface area contributed by atoms with Crippen molar-refractivity contribution in [1.82, 2.24) is 15.6 Å². The lowest BCUT2D eigenvalue weighted by molar-refractivity contribution is -0.132. The molecule has 2 heterocycles. The Labute approximate surface area is 184 Å². The first-order chi connectivity index (χ1) is 15.5. The monoisotopic (exact) mass is 435 g/mol. The fourth-order valence-corrected chi connectivity index (χ4v) is 4.54. The van der Waals surface area contributed by atoms with E-state index in [9.17, 15) is 18.4 Å². The molecule has 0 radical (unpaired) electrons. The summed E-state index contributed by atoms with van der Waals surface area (Å²) >= 11 is 0. The Balaban J connectivity index is 1.38. The molecule has 164 valence electrons. The summed E-state index contributed by atoms with van der Waals surface area (Å²) < 4.78 is 26.8. The van der Waals surface area contributed by atoms with E-state index in [0.29, 0.717) is 25.8 Å². The van der Waals surface area contributed by atoms with Crippen LogP contribution in [-0.4, -0.2) is 29.4 Å². The summed E-state index contributed by atoms with van der Waals surface area (Å²) in [6.07, 6.45) is 1.97. The van der Waals surface area contributed by atoms with Crippen LogP contribution in [0.2, 0.25) is 0 Å². The Bertz CT molecular complexity index is 1150. The zero-order valence-electron chi connectivity index (χ0n) is 17.3. The topological polar surface area (TPSA) is 74.0 Å². The maximum atomic E-state index is 13.5. The molecular formula is C25H23F2N3O2. The highest BCUT2D eigenvalue weighted by molar-refractivity contribution is 5.90. The van der Waals surface area contributed by atoms with Crippen molar-refractivity contribution >= 4 is 11.8 Å². The fourth-order valence-electron chi connectivity index (χ4n) is 4.54. The number of hydrogen-bond acceptors (Lipinski definition) is 2. The van der Waals surface area contributed by atoms with Gasteiger partial charge in [0.2, 0.25) is 11.8 Å². The lowest BCUT2D eigenvalue weighted by Gasteiger charge is -2.35. The molecule has 0 bridgehead atoms. The maximum Gasteiger partial charge on any atom is 0.242 e. The number of benzene rings is 2. The number of carbonyl (C=O) groups is 2. The Morgan fingerprint density at radius 2 is 1.56 bits per heavy atom. The average molecular weight is 435 g/mol. The van der Waals surface area contributed by atoms with Gasteiger partial charge in [0.05, 0.1) is 0 Å². The maximum absolute atomic E-state index is 13.5. The molecule has 2 aliphatic rings. The number of amides is 2. The van der Waals surface area contributed by atoms with Crippen molar-refractivity contribution in [2.75, 3.05) is 6.54 Å². The van der Waals surface area contributed by atoms with Crippen molar-refractivity contribution in [3.05, 3.63) is 71.8 Å². The molecule has 0 spiro atoms. The molecule has 2 amide bonds. The average Bonchev–Trinajstić information content (AvgIpc) is 3.35. The Hall–Kier alpha value is -3.48. The van der Waals surface area contributed by atoms with Crippen molar-refractivity contribution in [2.24, 2.45) is 5.92 Å². The molecule has 1 saturated heterocycles. The zero-order valence-corrected chi connectivity index (χ0v) is 17.3. The van der Waals surface area contributed by atoms with Crippen molar-refractivity contribution in [2.45, 2.75) is 31.2 Å². The highest BCUT2D eigenvalue weighted by Crippen LogP contribution is 2.46. The molecule has 7 heteroatoms. The molecule has 2 aromatic carbocycles. The van der Waals surface area contributed by atoms with Crippen LogP contribution in [-0.2, 0) is 9.59 Å². The normalized spacial score (nSPS) is 22.3. The second-order valence-corrected chi connectivity index (χ2v) is 8.53. The van der Waals surface area contributed by atoms with Gasteiger partial charge in [0.15, 0.2) is 0 Å². The number of aromatic nitrogens is 1. The van der Waals surface area contributed by atoms with Crippen LogP contribution in [0.15, 0.2) is 54.6 Å². The number of rotatable bonds is 5. The van der Waals surface area contributed by atoms with Gasteiger partial charge in [-0.05, 0) is 96.5 Å². The van der Waals surface area contributed by atoms with E-state index in [-0.39, 0.29) is 35.3 Å². The van der Waals surface area contributed by atoms with E-state index in [1.54, 1.807) is 24.3 Å². The van der Waals surface area contributed by atoms with E-state index >= 15 is 0 Å². The molecule has 2 fully saturated rings. The second-order valence-electron chi connectivity index (χ2n) is 8.53. The van der Waals surface area contributed by atoms with Crippen LogP contribution in [0.3, 0.4) is 0 Å². The number of halogens is 2. The standard InChI is InChI=1S/C25H23F2N3O2/c26-18-5-1-14(2-6-18)22-13-20(23(29-22)15-3-7-19(27)8-4-15)16-11-17(12-16)24(31)30-21-9-10-28-25(21)32/h1-8,13,16-17,21,29H,9-12H2,(H,28,32)(H,30,31). The van der Waals surface area contributed by atoms with Crippen LogP contribution >= 0.6 is 0 Å². The second kappa shape index (κ2) is 8.22. The summed E-state index contributed by atoms with van der Waals surface area (Å²) in [6.45, 7) is 0.591. The van der Waals surface area contributed by atoms with Crippen LogP contribution in [0.25, 0.3) is 22.5 Å². The Morgan fingerprint density at radius 3 is 2.16 bits per heavy atom. The SMILES string of the molecule is O=C(NC1CCNC1=O)C1CC(c2cc(-c3ccc(F)cc3)[nH]c2-c2ccc(F)cc2)C1. The first-order valence-corrected chi connectivity index (χ1v) is 10.8. The predicted octanol–water partition coefficient (Wildman–Crippen LogP) is 4.13. The van der Waals surface area contributed by atoms with E-state index in [0.717, 1.165) is 28.1 Å². The Kier molecular flexibility index (Phi) is 5.25. The molecule has 1 saturated carbocycles. The van der Waals surface area contributed by atoms with Crippen LogP contribution in [0.4, 0.5) is 8.78 Å². The van der Waals surface area contributed by atoms with E-state index < -0.39 is 6.04 Å². The van der Waals surface area contributed by atoms with Gasteiger partial charge in [-0.2, -0.15) is 0 Å².